The van der Waals surface area contributed by atoms with Gasteiger partial charge in [0.05, 0.1) is 17.2 Å². The minimum absolute atomic E-state index is 0.0180. The zero-order chi connectivity index (χ0) is 15.6. The Morgan fingerprint density at radius 1 is 1.13 bits per heavy atom. The summed E-state index contributed by atoms with van der Waals surface area (Å²) in [6.45, 7) is 0. The third-order valence-corrected chi connectivity index (χ3v) is 4.57. The second-order valence-electron chi connectivity index (χ2n) is 6.03. The molecular formula is C18H20N4O. The Labute approximate surface area is 135 Å². The molecule has 3 atom stereocenters. The lowest BCUT2D eigenvalue weighted by molar-refractivity contribution is 0.0271. The summed E-state index contributed by atoms with van der Waals surface area (Å²) in [5.74, 6) is 1.19. The summed E-state index contributed by atoms with van der Waals surface area (Å²) in [6, 6.07) is 12.7. The number of nitrogens with zero attached hydrogens (tertiary/aromatic N) is 2. The van der Waals surface area contributed by atoms with Crippen LogP contribution in [-0.2, 0) is 4.74 Å². The number of fused-ring (bicyclic) bond motifs is 1. The van der Waals surface area contributed by atoms with Crippen molar-refractivity contribution in [1.29, 1.82) is 0 Å². The molecule has 0 amide bonds. The summed E-state index contributed by atoms with van der Waals surface area (Å²) < 4.78 is 5.59. The Morgan fingerprint density at radius 3 is 2.83 bits per heavy atom. The van der Waals surface area contributed by atoms with Gasteiger partial charge in [0.15, 0.2) is 0 Å². The summed E-state index contributed by atoms with van der Waals surface area (Å²) >= 11 is 0. The fraction of sp³-hybridized carbons (Fsp3) is 0.333. The highest BCUT2D eigenvalue weighted by Crippen LogP contribution is 2.35. The molecule has 3 heterocycles. The van der Waals surface area contributed by atoms with E-state index in [2.05, 4.69) is 39.6 Å². The maximum absolute atomic E-state index is 5.59. The largest absolute Gasteiger partial charge is 0.367 e. The zero-order valence-electron chi connectivity index (χ0n) is 13.1. The normalized spacial score (nSPS) is 24.8. The molecule has 0 spiro atoms. The molecule has 4 rings (SSSR count). The van der Waals surface area contributed by atoms with E-state index in [0.717, 1.165) is 29.7 Å². The maximum Gasteiger partial charge on any atom is 0.132 e. The minimum Gasteiger partial charge on any atom is -0.367 e. The predicted octanol–water partition coefficient (Wildman–Crippen LogP) is 3.14. The molecule has 1 saturated heterocycles. The first kappa shape index (κ1) is 14.4. The van der Waals surface area contributed by atoms with Gasteiger partial charge in [0.1, 0.15) is 12.1 Å². The van der Waals surface area contributed by atoms with E-state index in [4.69, 9.17) is 9.72 Å². The first-order valence-electron chi connectivity index (χ1n) is 7.97. The van der Waals surface area contributed by atoms with Gasteiger partial charge in [-0.2, -0.15) is 0 Å². The Bertz CT molecular complexity index is 786. The number of H-pyrrole nitrogens is 1. The average molecular weight is 308 g/mol. The average Bonchev–Trinajstić information content (AvgIpc) is 3.09. The van der Waals surface area contributed by atoms with Crippen molar-refractivity contribution in [2.45, 2.75) is 31.0 Å². The molecule has 1 aromatic carbocycles. The Balaban J connectivity index is 1.64. The maximum atomic E-state index is 5.59. The van der Waals surface area contributed by atoms with E-state index in [1.54, 1.807) is 7.11 Å². The number of hydrogen-bond donors (Lipinski definition) is 2. The van der Waals surface area contributed by atoms with E-state index in [9.17, 15) is 0 Å². The molecule has 3 aromatic rings. The molecule has 0 radical (unpaired) electrons. The van der Waals surface area contributed by atoms with Crippen molar-refractivity contribution in [3.63, 3.8) is 0 Å². The lowest BCUT2D eigenvalue weighted by Gasteiger charge is -2.35. The van der Waals surface area contributed by atoms with Crippen LogP contribution in [0.1, 0.15) is 36.2 Å². The third-order valence-electron chi connectivity index (χ3n) is 4.57. The highest BCUT2D eigenvalue weighted by Gasteiger charge is 2.31. The van der Waals surface area contributed by atoms with Crippen LogP contribution in [0.15, 0.2) is 48.8 Å². The van der Waals surface area contributed by atoms with Gasteiger partial charge in [-0.25, -0.2) is 9.97 Å². The molecule has 118 valence electrons. The van der Waals surface area contributed by atoms with E-state index >= 15 is 0 Å². The standard InChI is InChI=1S/C18H20N4O/c1-23-17-10-13(9-15(21-17)12-5-3-2-4-6-12)18-20-11-16-14(22-18)7-8-19-16/h2-8,11,13,15,17,19,21H,9-10H2,1H3. The molecule has 5 nitrogen and oxygen atoms in total. The van der Waals surface area contributed by atoms with Crippen molar-refractivity contribution >= 4 is 11.0 Å². The number of methoxy groups -OCH3 is 1. The molecule has 0 saturated carbocycles. The fourth-order valence-electron chi connectivity index (χ4n) is 3.35. The Hall–Kier alpha value is -2.24. The van der Waals surface area contributed by atoms with Crippen LogP contribution in [-0.4, -0.2) is 28.3 Å². The molecular weight excluding hydrogens is 288 g/mol. The molecule has 2 aromatic heterocycles. The first-order valence-corrected chi connectivity index (χ1v) is 7.97. The van der Waals surface area contributed by atoms with Crippen LogP contribution in [0.25, 0.3) is 11.0 Å². The van der Waals surface area contributed by atoms with Gasteiger partial charge in [-0.05, 0) is 24.5 Å². The second kappa shape index (κ2) is 6.10. The van der Waals surface area contributed by atoms with E-state index in [1.807, 2.05) is 24.5 Å². The van der Waals surface area contributed by atoms with Crippen molar-refractivity contribution in [2.75, 3.05) is 7.11 Å². The number of rotatable bonds is 3. The quantitative estimate of drug-likeness (QED) is 0.780. The van der Waals surface area contributed by atoms with Crippen LogP contribution in [0.2, 0.25) is 0 Å². The molecule has 0 aliphatic carbocycles. The van der Waals surface area contributed by atoms with Gasteiger partial charge >= 0.3 is 0 Å². The third kappa shape index (κ3) is 2.85. The van der Waals surface area contributed by atoms with Gasteiger partial charge in [0.25, 0.3) is 0 Å². The molecule has 23 heavy (non-hydrogen) atoms. The van der Waals surface area contributed by atoms with Crippen molar-refractivity contribution in [1.82, 2.24) is 20.3 Å². The number of nitrogens with one attached hydrogen (secondary N) is 2. The highest BCUT2D eigenvalue weighted by molar-refractivity contribution is 5.73. The van der Waals surface area contributed by atoms with Crippen LogP contribution in [0.4, 0.5) is 0 Å². The lowest BCUT2D eigenvalue weighted by atomic mass is 9.87. The van der Waals surface area contributed by atoms with Gasteiger partial charge in [0, 0.05) is 25.3 Å². The van der Waals surface area contributed by atoms with Crippen molar-refractivity contribution in [2.24, 2.45) is 0 Å². The van der Waals surface area contributed by atoms with E-state index < -0.39 is 0 Å². The summed E-state index contributed by atoms with van der Waals surface area (Å²) in [5, 5.41) is 3.57. The van der Waals surface area contributed by atoms with Crippen molar-refractivity contribution in [3.05, 3.63) is 60.2 Å². The molecule has 5 heteroatoms. The van der Waals surface area contributed by atoms with Gasteiger partial charge in [0.2, 0.25) is 0 Å². The molecule has 1 aliphatic rings. The summed E-state index contributed by atoms with van der Waals surface area (Å²) in [4.78, 5) is 12.4. The number of benzene rings is 1. The van der Waals surface area contributed by atoms with E-state index in [1.165, 1.54) is 5.56 Å². The van der Waals surface area contributed by atoms with Crippen LogP contribution in [0, 0.1) is 0 Å². The summed E-state index contributed by atoms with van der Waals surface area (Å²) in [5.41, 5.74) is 3.23. The number of aromatic amines is 1. The van der Waals surface area contributed by atoms with Crippen molar-refractivity contribution < 1.29 is 4.74 Å². The van der Waals surface area contributed by atoms with Gasteiger partial charge in [-0.3, -0.25) is 5.32 Å². The topological polar surface area (TPSA) is 62.8 Å². The summed E-state index contributed by atoms with van der Waals surface area (Å²) in [6.07, 6.45) is 5.65. The Morgan fingerprint density at radius 2 is 2.00 bits per heavy atom. The van der Waals surface area contributed by atoms with Crippen LogP contribution in [0.3, 0.4) is 0 Å². The summed E-state index contributed by atoms with van der Waals surface area (Å²) in [7, 11) is 1.75. The molecule has 3 unspecified atom stereocenters. The zero-order valence-corrected chi connectivity index (χ0v) is 13.1. The SMILES string of the molecule is COC1CC(c2ncc3[nH]ccc3n2)CC(c2ccccc2)N1. The minimum atomic E-state index is 0.0180. The smallest absolute Gasteiger partial charge is 0.132 e. The molecule has 1 aliphatic heterocycles. The van der Waals surface area contributed by atoms with Gasteiger partial charge in [-0.15, -0.1) is 0 Å². The first-order chi connectivity index (χ1) is 11.3. The Kier molecular flexibility index (Phi) is 3.81. The lowest BCUT2D eigenvalue weighted by Crippen LogP contribution is -2.41. The number of piperidine rings is 1. The molecule has 0 bridgehead atoms. The second-order valence-corrected chi connectivity index (χ2v) is 6.03. The monoisotopic (exact) mass is 308 g/mol. The van der Waals surface area contributed by atoms with Crippen molar-refractivity contribution in [3.8, 4) is 0 Å². The van der Waals surface area contributed by atoms with Crippen LogP contribution < -0.4 is 5.32 Å². The number of hydrogen-bond acceptors (Lipinski definition) is 4. The van der Waals surface area contributed by atoms with Gasteiger partial charge in [-0.1, -0.05) is 30.3 Å². The van der Waals surface area contributed by atoms with E-state index in [-0.39, 0.29) is 18.2 Å². The molecule has 1 fully saturated rings. The van der Waals surface area contributed by atoms with Gasteiger partial charge < -0.3 is 9.72 Å². The molecule has 2 N–H and O–H groups in total. The fourth-order valence-corrected chi connectivity index (χ4v) is 3.35. The number of aromatic nitrogens is 3. The highest BCUT2D eigenvalue weighted by atomic mass is 16.5. The van der Waals surface area contributed by atoms with Crippen LogP contribution in [0.5, 0.6) is 0 Å². The van der Waals surface area contributed by atoms with Crippen LogP contribution >= 0.6 is 0 Å². The predicted molar refractivity (Wildman–Crippen MR) is 89.0 cm³/mol. The number of ether oxygens (including phenoxy) is 1. The van der Waals surface area contributed by atoms with E-state index in [0.29, 0.717) is 0 Å².